The highest BCUT2D eigenvalue weighted by Gasteiger charge is 2.19. The summed E-state index contributed by atoms with van der Waals surface area (Å²) in [5.74, 6) is 0.643. The van der Waals surface area contributed by atoms with E-state index in [0.29, 0.717) is 30.0 Å². The van der Waals surface area contributed by atoms with Crippen LogP contribution in [-0.2, 0) is 24.4 Å². The van der Waals surface area contributed by atoms with Crippen LogP contribution in [0.3, 0.4) is 0 Å². The smallest absolute Gasteiger partial charge is 0.407 e. The maximum atomic E-state index is 12.9. The van der Waals surface area contributed by atoms with Gasteiger partial charge in [-0.1, -0.05) is 50.1 Å². The lowest BCUT2D eigenvalue weighted by molar-refractivity contribution is 0.135. The van der Waals surface area contributed by atoms with Crippen LogP contribution in [0.1, 0.15) is 37.6 Å². The minimum Gasteiger partial charge on any atom is -0.441 e. The van der Waals surface area contributed by atoms with Gasteiger partial charge in [0.15, 0.2) is 18.1 Å². The van der Waals surface area contributed by atoms with Gasteiger partial charge in [0.2, 0.25) is 5.78 Å². The summed E-state index contributed by atoms with van der Waals surface area (Å²) in [4.78, 5) is 32.1. The Labute approximate surface area is 171 Å². The zero-order chi connectivity index (χ0) is 20.9. The highest BCUT2D eigenvalue weighted by molar-refractivity contribution is 5.72. The number of aromatic amines is 1. The minimum absolute atomic E-state index is 0.175. The molecule has 0 fully saturated rings. The van der Waals surface area contributed by atoms with Crippen molar-refractivity contribution in [3.63, 3.8) is 0 Å². The van der Waals surface area contributed by atoms with Crippen LogP contribution in [0.2, 0.25) is 0 Å². The van der Waals surface area contributed by atoms with E-state index in [1.165, 1.54) is 10.7 Å². The third-order valence-corrected chi connectivity index (χ3v) is 4.84. The van der Waals surface area contributed by atoms with Crippen LogP contribution in [0.25, 0.3) is 16.9 Å². The molecule has 30 heavy (non-hydrogen) atoms. The number of hydrogen-bond acceptors (Lipinski definition) is 6. The van der Waals surface area contributed by atoms with E-state index < -0.39 is 6.09 Å². The summed E-state index contributed by atoms with van der Waals surface area (Å²) in [7, 11) is 0. The minimum atomic E-state index is -0.596. The Kier molecular flexibility index (Phi) is 5.73. The molecule has 4 rings (SSSR count). The van der Waals surface area contributed by atoms with E-state index in [2.05, 4.69) is 32.4 Å². The molecule has 0 saturated carbocycles. The molecule has 0 spiro atoms. The van der Waals surface area contributed by atoms with Crippen molar-refractivity contribution in [2.45, 2.75) is 45.9 Å². The van der Waals surface area contributed by atoms with Crippen LogP contribution in [0, 0.1) is 0 Å². The number of carbonyl (C=O) groups is 1. The summed E-state index contributed by atoms with van der Waals surface area (Å²) in [5, 5.41) is 10.9. The normalized spacial score (nSPS) is 11.2. The molecule has 2 N–H and O–H groups in total. The van der Waals surface area contributed by atoms with Crippen molar-refractivity contribution >= 4 is 23.0 Å². The number of rotatable bonds is 8. The van der Waals surface area contributed by atoms with E-state index in [1.54, 1.807) is 0 Å². The molecule has 10 heteroatoms. The zero-order valence-corrected chi connectivity index (χ0v) is 16.7. The molecule has 156 valence electrons. The number of carbonyl (C=O) groups excluding carboxylic acids is 1. The topological polar surface area (TPSA) is 119 Å². The van der Waals surface area contributed by atoms with Crippen LogP contribution in [-0.4, -0.2) is 35.2 Å². The molecule has 0 unspecified atom stereocenters. The molecular formula is C20H23N7O3. The maximum Gasteiger partial charge on any atom is 0.407 e. The first-order valence-electron chi connectivity index (χ1n) is 9.93. The zero-order valence-electron chi connectivity index (χ0n) is 16.7. The number of hydrogen-bond donors (Lipinski definition) is 2. The predicted molar refractivity (Wildman–Crippen MR) is 110 cm³/mol. The van der Waals surface area contributed by atoms with Crippen molar-refractivity contribution in [1.29, 1.82) is 0 Å². The van der Waals surface area contributed by atoms with Gasteiger partial charge in [-0.3, -0.25) is 9.36 Å². The molecule has 0 atom stereocenters. The Balaban J connectivity index is 1.54. The van der Waals surface area contributed by atoms with Gasteiger partial charge in [-0.25, -0.2) is 14.2 Å². The van der Waals surface area contributed by atoms with Gasteiger partial charge in [-0.05, 0) is 12.0 Å². The van der Waals surface area contributed by atoms with Crippen molar-refractivity contribution in [3.05, 3.63) is 58.4 Å². The summed E-state index contributed by atoms with van der Waals surface area (Å²) in [6.45, 7) is 2.96. The van der Waals surface area contributed by atoms with Gasteiger partial charge in [-0.2, -0.15) is 0 Å². The molecule has 1 amide bonds. The average molecular weight is 409 g/mol. The Bertz CT molecular complexity index is 1210. The summed E-state index contributed by atoms with van der Waals surface area (Å²) in [6.07, 6.45) is 3.95. The quantitative estimate of drug-likeness (QED) is 0.431. The molecule has 4 aromatic rings. The molecule has 0 aliphatic heterocycles. The Morgan fingerprint density at radius 2 is 2.03 bits per heavy atom. The lowest BCUT2D eigenvalue weighted by atomic mass is 10.2. The lowest BCUT2D eigenvalue weighted by Gasteiger charge is -2.09. The van der Waals surface area contributed by atoms with E-state index in [4.69, 9.17) is 4.74 Å². The Morgan fingerprint density at radius 1 is 1.20 bits per heavy atom. The summed E-state index contributed by atoms with van der Waals surface area (Å²) >= 11 is 0. The fourth-order valence-corrected chi connectivity index (χ4v) is 3.32. The highest BCUT2D eigenvalue weighted by atomic mass is 16.5. The molecule has 0 radical (unpaired) electrons. The molecule has 1 aromatic carbocycles. The number of imidazole rings is 1. The Morgan fingerprint density at radius 3 is 2.83 bits per heavy atom. The monoisotopic (exact) mass is 409 g/mol. The largest absolute Gasteiger partial charge is 0.441 e. The van der Waals surface area contributed by atoms with Gasteiger partial charge in [0.05, 0.1) is 6.33 Å². The van der Waals surface area contributed by atoms with Crippen LogP contribution in [0.5, 0.6) is 0 Å². The van der Waals surface area contributed by atoms with Gasteiger partial charge in [-0.15, -0.1) is 10.2 Å². The van der Waals surface area contributed by atoms with Gasteiger partial charge in [0.25, 0.3) is 5.56 Å². The second-order valence-corrected chi connectivity index (χ2v) is 6.93. The third-order valence-electron chi connectivity index (χ3n) is 4.84. The number of fused-ring (bicyclic) bond motifs is 2. The second kappa shape index (κ2) is 8.76. The molecule has 0 aliphatic rings. The number of aryl methyl sites for hydroxylation is 1. The predicted octanol–water partition coefficient (Wildman–Crippen LogP) is 2.38. The standard InChI is InChI=1S/C20H23N7O3/c1-2-3-7-10-26-17-16(22-13-23-17)18(28)27-15(24-25-19(26)27)12-30-20(29)21-11-14-8-5-4-6-9-14/h4-6,8-9,13H,2-3,7,10-12H2,1H3,(H,21,29)(H,22,23). The average Bonchev–Trinajstić information content (AvgIpc) is 3.42. The summed E-state index contributed by atoms with van der Waals surface area (Å²) in [5.41, 5.74) is 1.55. The fraction of sp³-hybridized carbons (Fsp3) is 0.350. The molecule has 3 aromatic heterocycles. The number of H-pyrrole nitrogens is 1. The van der Waals surface area contributed by atoms with E-state index in [-0.39, 0.29) is 18.0 Å². The van der Waals surface area contributed by atoms with Gasteiger partial charge < -0.3 is 15.0 Å². The molecule has 10 nitrogen and oxygen atoms in total. The number of aromatic nitrogens is 6. The van der Waals surface area contributed by atoms with E-state index in [1.807, 2.05) is 34.9 Å². The summed E-state index contributed by atoms with van der Waals surface area (Å²) in [6, 6.07) is 9.51. The van der Waals surface area contributed by atoms with Crippen LogP contribution >= 0.6 is 0 Å². The SMILES string of the molecule is CCCCCn1c2nc[nH]c2c(=O)n2c(COC(=O)NCc3ccccc3)nnc12. The van der Waals surface area contributed by atoms with Crippen molar-refractivity contribution in [2.75, 3.05) is 0 Å². The molecule has 0 saturated heterocycles. The van der Waals surface area contributed by atoms with Gasteiger partial charge >= 0.3 is 6.09 Å². The van der Waals surface area contributed by atoms with Crippen molar-refractivity contribution < 1.29 is 9.53 Å². The maximum absolute atomic E-state index is 12.9. The number of nitrogens with one attached hydrogen (secondary N) is 2. The number of benzene rings is 1. The lowest BCUT2D eigenvalue weighted by Crippen LogP contribution is -2.25. The van der Waals surface area contributed by atoms with Crippen molar-refractivity contribution in [3.8, 4) is 0 Å². The fourth-order valence-electron chi connectivity index (χ4n) is 3.32. The summed E-state index contributed by atoms with van der Waals surface area (Å²) < 4.78 is 8.50. The van der Waals surface area contributed by atoms with E-state index in [0.717, 1.165) is 24.8 Å². The van der Waals surface area contributed by atoms with Crippen LogP contribution in [0.4, 0.5) is 4.79 Å². The number of ether oxygens (including phenoxy) is 1. The number of nitrogens with zero attached hydrogens (tertiary/aromatic N) is 5. The van der Waals surface area contributed by atoms with Gasteiger partial charge in [0, 0.05) is 13.1 Å². The molecule has 0 aliphatic carbocycles. The second-order valence-electron chi connectivity index (χ2n) is 6.93. The number of amides is 1. The van der Waals surface area contributed by atoms with Gasteiger partial charge in [0.1, 0.15) is 5.52 Å². The first kappa shape index (κ1) is 19.6. The van der Waals surface area contributed by atoms with Crippen LogP contribution in [0.15, 0.2) is 41.5 Å². The molecular weight excluding hydrogens is 386 g/mol. The third kappa shape index (κ3) is 3.88. The van der Waals surface area contributed by atoms with E-state index in [9.17, 15) is 9.59 Å². The first-order valence-corrected chi connectivity index (χ1v) is 9.93. The Hall–Kier alpha value is -3.69. The number of unbranched alkanes of at least 4 members (excludes halogenated alkanes) is 2. The van der Waals surface area contributed by atoms with E-state index >= 15 is 0 Å². The van der Waals surface area contributed by atoms with Crippen molar-refractivity contribution in [1.82, 2.24) is 34.4 Å². The first-order chi connectivity index (χ1) is 14.7. The van der Waals surface area contributed by atoms with Crippen molar-refractivity contribution in [2.24, 2.45) is 0 Å². The molecule has 3 heterocycles. The molecule has 0 bridgehead atoms. The van der Waals surface area contributed by atoms with Crippen LogP contribution < -0.4 is 10.9 Å². The number of alkyl carbamates (subject to hydrolysis) is 1. The highest BCUT2D eigenvalue weighted by Crippen LogP contribution is 2.13.